The number of aromatic nitrogens is 2. The van der Waals surface area contributed by atoms with Crippen LogP contribution in [0.4, 0.5) is 0 Å². The maximum absolute atomic E-state index is 6.26. The van der Waals surface area contributed by atoms with Gasteiger partial charge in [-0.25, -0.2) is 9.97 Å². The minimum absolute atomic E-state index is 0.523. The van der Waals surface area contributed by atoms with Crippen LogP contribution in [-0.4, -0.2) is 16.6 Å². The van der Waals surface area contributed by atoms with Gasteiger partial charge in [0.1, 0.15) is 5.15 Å². The zero-order valence-electron chi connectivity index (χ0n) is 11.1. The number of fused-ring (bicyclic) bond motifs is 1. The van der Waals surface area contributed by atoms with E-state index in [-0.39, 0.29) is 0 Å². The molecule has 102 valence electrons. The smallest absolute Gasteiger partial charge is 0.161 e. The first-order valence-corrected chi connectivity index (χ1v) is 7.42. The van der Waals surface area contributed by atoms with E-state index in [1.54, 1.807) is 0 Å². The minimum atomic E-state index is 0.523. The van der Waals surface area contributed by atoms with Crippen LogP contribution in [-0.2, 0) is 17.8 Å². The molecule has 0 N–H and O–H groups in total. The number of benzene rings is 1. The van der Waals surface area contributed by atoms with Crippen molar-refractivity contribution in [1.29, 1.82) is 0 Å². The fourth-order valence-electron chi connectivity index (χ4n) is 2.64. The van der Waals surface area contributed by atoms with Gasteiger partial charge in [0.2, 0.25) is 0 Å². The van der Waals surface area contributed by atoms with Crippen molar-refractivity contribution in [2.24, 2.45) is 0 Å². The predicted molar refractivity (Wildman–Crippen MR) is 77.8 cm³/mol. The molecule has 4 rings (SSSR count). The van der Waals surface area contributed by atoms with Crippen LogP contribution < -0.4 is 0 Å². The second-order valence-electron chi connectivity index (χ2n) is 5.46. The van der Waals surface area contributed by atoms with Crippen LogP contribution in [0.2, 0.25) is 5.15 Å². The number of rotatable bonds is 2. The van der Waals surface area contributed by atoms with Crippen LogP contribution in [0, 0.1) is 0 Å². The molecule has 20 heavy (non-hydrogen) atoms. The molecule has 1 aromatic heterocycles. The average molecular weight is 287 g/mol. The molecule has 1 aliphatic carbocycles. The van der Waals surface area contributed by atoms with E-state index < -0.39 is 0 Å². The third kappa shape index (κ3) is 2.21. The van der Waals surface area contributed by atoms with Crippen LogP contribution >= 0.6 is 11.6 Å². The van der Waals surface area contributed by atoms with Gasteiger partial charge in [0.25, 0.3) is 0 Å². The average Bonchev–Trinajstić information content (AvgIpc) is 3.32. The van der Waals surface area contributed by atoms with E-state index >= 15 is 0 Å². The summed E-state index contributed by atoms with van der Waals surface area (Å²) in [6.07, 6.45) is 3.45. The van der Waals surface area contributed by atoms with Gasteiger partial charge in [0, 0.05) is 17.5 Å². The SMILES string of the molecule is Clc1nc(-c2ccc(C3CC3)cc2)nc2c1COCC2. The second kappa shape index (κ2) is 4.83. The van der Waals surface area contributed by atoms with Gasteiger partial charge in [-0.3, -0.25) is 0 Å². The molecule has 1 fully saturated rings. The van der Waals surface area contributed by atoms with Crippen molar-refractivity contribution in [3.05, 3.63) is 46.2 Å². The van der Waals surface area contributed by atoms with Crippen molar-refractivity contribution >= 4 is 11.6 Å². The Bertz CT molecular complexity index is 650. The van der Waals surface area contributed by atoms with Crippen LogP contribution in [0.25, 0.3) is 11.4 Å². The summed E-state index contributed by atoms with van der Waals surface area (Å²) in [4.78, 5) is 9.08. The molecule has 0 saturated heterocycles. The molecule has 0 atom stereocenters. The highest BCUT2D eigenvalue weighted by Crippen LogP contribution is 2.40. The number of hydrogen-bond donors (Lipinski definition) is 0. The number of nitrogens with zero attached hydrogens (tertiary/aromatic N) is 2. The van der Waals surface area contributed by atoms with E-state index in [1.807, 2.05) is 0 Å². The summed E-state index contributed by atoms with van der Waals surface area (Å²) in [6.45, 7) is 1.23. The Morgan fingerprint density at radius 3 is 2.65 bits per heavy atom. The molecule has 0 spiro atoms. The van der Waals surface area contributed by atoms with Crippen LogP contribution in [0.15, 0.2) is 24.3 Å². The van der Waals surface area contributed by atoms with E-state index in [1.165, 1.54) is 18.4 Å². The Labute approximate surface area is 123 Å². The molecule has 1 aromatic carbocycles. The Morgan fingerprint density at radius 2 is 1.90 bits per heavy atom. The fourth-order valence-corrected chi connectivity index (χ4v) is 2.89. The quantitative estimate of drug-likeness (QED) is 0.789. The Kier molecular flexibility index (Phi) is 2.97. The molecule has 2 aliphatic rings. The molecular weight excluding hydrogens is 272 g/mol. The molecule has 0 radical (unpaired) electrons. The zero-order chi connectivity index (χ0) is 13.5. The first-order chi connectivity index (χ1) is 9.81. The second-order valence-corrected chi connectivity index (χ2v) is 5.82. The zero-order valence-corrected chi connectivity index (χ0v) is 11.9. The summed E-state index contributed by atoms with van der Waals surface area (Å²) < 4.78 is 5.41. The first-order valence-electron chi connectivity index (χ1n) is 7.04. The molecule has 2 heterocycles. The molecule has 4 heteroatoms. The number of hydrogen-bond acceptors (Lipinski definition) is 3. The largest absolute Gasteiger partial charge is 0.376 e. The summed E-state index contributed by atoms with van der Waals surface area (Å²) in [7, 11) is 0. The summed E-state index contributed by atoms with van der Waals surface area (Å²) in [5.74, 6) is 1.49. The molecule has 0 unspecified atom stereocenters. The van der Waals surface area contributed by atoms with E-state index in [0.29, 0.717) is 18.4 Å². The molecule has 2 aromatic rings. The van der Waals surface area contributed by atoms with Crippen molar-refractivity contribution in [3.63, 3.8) is 0 Å². The maximum Gasteiger partial charge on any atom is 0.161 e. The van der Waals surface area contributed by atoms with Crippen molar-refractivity contribution in [2.45, 2.75) is 31.8 Å². The first kappa shape index (κ1) is 12.3. The summed E-state index contributed by atoms with van der Waals surface area (Å²) in [5, 5.41) is 0.524. The molecule has 3 nitrogen and oxygen atoms in total. The topological polar surface area (TPSA) is 35.0 Å². The summed E-state index contributed by atoms with van der Waals surface area (Å²) in [5.41, 5.74) is 4.42. The lowest BCUT2D eigenvalue weighted by Gasteiger charge is -2.17. The van der Waals surface area contributed by atoms with Gasteiger partial charge in [0.15, 0.2) is 5.82 Å². The van der Waals surface area contributed by atoms with Crippen molar-refractivity contribution < 1.29 is 4.74 Å². The Morgan fingerprint density at radius 1 is 1.10 bits per heavy atom. The lowest BCUT2D eigenvalue weighted by atomic mass is 10.1. The van der Waals surface area contributed by atoms with E-state index in [2.05, 4.69) is 34.2 Å². The van der Waals surface area contributed by atoms with E-state index in [4.69, 9.17) is 16.3 Å². The van der Waals surface area contributed by atoms with Crippen LogP contribution in [0.3, 0.4) is 0 Å². The van der Waals surface area contributed by atoms with Gasteiger partial charge < -0.3 is 4.74 Å². The van der Waals surface area contributed by atoms with Crippen molar-refractivity contribution in [2.75, 3.05) is 6.61 Å². The van der Waals surface area contributed by atoms with Crippen molar-refractivity contribution in [3.8, 4) is 11.4 Å². The normalized spacial score (nSPS) is 17.9. The predicted octanol–water partition coefficient (Wildman–Crippen LogP) is 3.75. The van der Waals surface area contributed by atoms with Crippen LogP contribution in [0.5, 0.6) is 0 Å². The Balaban J connectivity index is 1.72. The highest BCUT2D eigenvalue weighted by atomic mass is 35.5. The van der Waals surface area contributed by atoms with Gasteiger partial charge in [0.05, 0.1) is 18.9 Å². The van der Waals surface area contributed by atoms with Gasteiger partial charge in [-0.15, -0.1) is 0 Å². The molecule has 1 aliphatic heterocycles. The highest BCUT2D eigenvalue weighted by Gasteiger charge is 2.23. The lowest BCUT2D eigenvalue weighted by molar-refractivity contribution is 0.109. The third-order valence-electron chi connectivity index (χ3n) is 3.99. The van der Waals surface area contributed by atoms with E-state index in [9.17, 15) is 0 Å². The highest BCUT2D eigenvalue weighted by molar-refractivity contribution is 6.30. The third-order valence-corrected chi connectivity index (χ3v) is 4.30. The number of ether oxygens (including phenoxy) is 1. The monoisotopic (exact) mass is 286 g/mol. The summed E-state index contributed by atoms with van der Waals surface area (Å²) >= 11 is 6.26. The fraction of sp³-hybridized carbons (Fsp3) is 0.375. The summed E-state index contributed by atoms with van der Waals surface area (Å²) in [6, 6.07) is 8.58. The van der Waals surface area contributed by atoms with Gasteiger partial charge >= 0.3 is 0 Å². The minimum Gasteiger partial charge on any atom is -0.376 e. The lowest BCUT2D eigenvalue weighted by Crippen LogP contribution is -2.14. The molecule has 1 saturated carbocycles. The van der Waals surface area contributed by atoms with Crippen molar-refractivity contribution in [1.82, 2.24) is 9.97 Å². The molecule has 0 bridgehead atoms. The van der Waals surface area contributed by atoms with Crippen LogP contribution in [0.1, 0.15) is 35.6 Å². The maximum atomic E-state index is 6.26. The standard InChI is InChI=1S/C16H15ClN2O/c17-15-13-9-20-8-7-14(13)18-16(19-15)12-5-3-11(4-6-12)10-1-2-10/h3-6,10H,1-2,7-9H2. The molecule has 0 amide bonds. The molecular formula is C16H15ClN2O. The number of halogens is 1. The van der Waals surface area contributed by atoms with Gasteiger partial charge in [-0.2, -0.15) is 0 Å². The van der Waals surface area contributed by atoms with Gasteiger partial charge in [-0.05, 0) is 24.3 Å². The Hall–Kier alpha value is -1.45. The van der Waals surface area contributed by atoms with Gasteiger partial charge in [-0.1, -0.05) is 35.9 Å². The van der Waals surface area contributed by atoms with E-state index in [0.717, 1.165) is 35.0 Å².